The van der Waals surface area contributed by atoms with E-state index in [2.05, 4.69) is 10.2 Å². The van der Waals surface area contributed by atoms with Gasteiger partial charge in [0.1, 0.15) is 0 Å². The van der Waals surface area contributed by atoms with E-state index in [9.17, 15) is 5.11 Å². The quantitative estimate of drug-likeness (QED) is 0.714. The molecule has 0 amide bonds. The van der Waals surface area contributed by atoms with Crippen LogP contribution in [0.4, 0.5) is 0 Å². The van der Waals surface area contributed by atoms with E-state index < -0.39 is 0 Å². The minimum Gasteiger partial charge on any atom is -0.392 e. The maximum Gasteiger partial charge on any atom is 0.0680 e. The van der Waals surface area contributed by atoms with Crippen molar-refractivity contribution in [3.8, 4) is 0 Å². The fraction of sp³-hybridized carbons (Fsp3) is 1.00. The molecule has 2 aliphatic heterocycles. The Hall–Kier alpha value is -0.160. The molecule has 2 rings (SSSR count). The Morgan fingerprint density at radius 1 is 1.38 bits per heavy atom. The molecule has 0 aromatic carbocycles. The summed E-state index contributed by atoms with van der Waals surface area (Å²) in [5, 5.41) is 12.8. The maximum absolute atomic E-state index is 9.44. The Morgan fingerprint density at radius 2 is 2.12 bits per heavy atom. The van der Waals surface area contributed by atoms with Crippen molar-refractivity contribution >= 4 is 0 Å². The van der Waals surface area contributed by atoms with Crippen LogP contribution < -0.4 is 5.32 Å². The normalized spacial score (nSPS) is 33.4. The summed E-state index contributed by atoms with van der Waals surface area (Å²) >= 11 is 0. The number of hydrogen-bond donors (Lipinski definition) is 2. The van der Waals surface area contributed by atoms with Crippen LogP contribution in [-0.4, -0.2) is 62.0 Å². The molecule has 2 N–H and O–H groups in total. The Bertz CT molecular complexity index is 205. The van der Waals surface area contributed by atoms with Crippen molar-refractivity contribution in [2.24, 2.45) is 5.92 Å². The van der Waals surface area contributed by atoms with Crippen LogP contribution in [-0.2, 0) is 4.74 Å². The molecule has 2 saturated heterocycles. The van der Waals surface area contributed by atoms with Crippen LogP contribution in [0.15, 0.2) is 0 Å². The molecule has 0 radical (unpaired) electrons. The number of nitrogens with one attached hydrogen (secondary N) is 1. The van der Waals surface area contributed by atoms with Crippen LogP contribution in [0, 0.1) is 5.92 Å². The van der Waals surface area contributed by atoms with Crippen LogP contribution in [0.1, 0.15) is 19.3 Å². The lowest BCUT2D eigenvalue weighted by molar-refractivity contribution is 0.0953. The second-order valence-corrected chi connectivity index (χ2v) is 5.19. The van der Waals surface area contributed by atoms with Gasteiger partial charge < -0.3 is 20.1 Å². The molecule has 94 valence electrons. The number of hydrogen-bond acceptors (Lipinski definition) is 4. The Labute approximate surface area is 98.0 Å². The van der Waals surface area contributed by atoms with Crippen molar-refractivity contribution in [1.29, 1.82) is 0 Å². The average Bonchev–Trinajstić information content (AvgIpc) is 2.67. The van der Waals surface area contributed by atoms with Gasteiger partial charge in [-0.15, -0.1) is 0 Å². The van der Waals surface area contributed by atoms with Gasteiger partial charge in [0.25, 0.3) is 0 Å². The lowest BCUT2D eigenvalue weighted by atomic mass is 9.97. The second kappa shape index (κ2) is 5.96. The van der Waals surface area contributed by atoms with E-state index in [0.717, 1.165) is 32.0 Å². The van der Waals surface area contributed by atoms with Crippen molar-refractivity contribution in [2.45, 2.75) is 31.4 Å². The molecule has 4 heteroatoms. The van der Waals surface area contributed by atoms with E-state index in [-0.39, 0.29) is 6.10 Å². The number of likely N-dealkylation sites (tertiary alicyclic amines) is 1. The van der Waals surface area contributed by atoms with E-state index in [0.29, 0.717) is 6.04 Å². The molecule has 0 bridgehead atoms. The van der Waals surface area contributed by atoms with Gasteiger partial charge in [-0.05, 0) is 38.3 Å². The molecule has 0 spiro atoms. The number of rotatable bonds is 4. The van der Waals surface area contributed by atoms with E-state index >= 15 is 0 Å². The van der Waals surface area contributed by atoms with Gasteiger partial charge in [-0.1, -0.05) is 0 Å². The first-order chi connectivity index (χ1) is 7.78. The van der Waals surface area contributed by atoms with Gasteiger partial charge in [-0.2, -0.15) is 0 Å². The largest absolute Gasteiger partial charge is 0.392 e. The van der Waals surface area contributed by atoms with Crippen LogP contribution in [0.5, 0.6) is 0 Å². The third-order valence-electron chi connectivity index (χ3n) is 3.79. The van der Waals surface area contributed by atoms with Crippen LogP contribution in [0.25, 0.3) is 0 Å². The fourth-order valence-corrected chi connectivity index (χ4v) is 2.82. The number of aliphatic hydroxyl groups excluding tert-OH is 1. The summed E-state index contributed by atoms with van der Waals surface area (Å²) in [7, 11) is 1.79. The lowest BCUT2D eigenvalue weighted by Crippen LogP contribution is -2.42. The van der Waals surface area contributed by atoms with Gasteiger partial charge >= 0.3 is 0 Å². The standard InChI is InChI=1S/C12H24N2O2/c1-16-9-10-2-4-14(5-3-10)8-11-6-12(15)7-13-11/h10-13,15H,2-9H2,1H3. The smallest absolute Gasteiger partial charge is 0.0680 e. The molecular weight excluding hydrogens is 204 g/mol. The summed E-state index contributed by atoms with van der Waals surface area (Å²) in [6, 6.07) is 0.494. The van der Waals surface area contributed by atoms with Gasteiger partial charge in [-0.3, -0.25) is 0 Å². The van der Waals surface area contributed by atoms with Crippen LogP contribution >= 0.6 is 0 Å². The van der Waals surface area contributed by atoms with Gasteiger partial charge in [0.05, 0.1) is 6.10 Å². The molecule has 2 fully saturated rings. The summed E-state index contributed by atoms with van der Waals surface area (Å²) in [5.74, 6) is 0.753. The average molecular weight is 228 g/mol. The maximum atomic E-state index is 9.44. The molecule has 0 aromatic rings. The highest BCUT2D eigenvalue weighted by Gasteiger charge is 2.26. The third kappa shape index (κ3) is 3.42. The molecule has 0 aliphatic carbocycles. The molecule has 0 saturated carbocycles. The van der Waals surface area contributed by atoms with Gasteiger partial charge in [0.2, 0.25) is 0 Å². The first kappa shape index (κ1) is 12.3. The molecule has 2 aliphatic rings. The lowest BCUT2D eigenvalue weighted by Gasteiger charge is -2.33. The summed E-state index contributed by atoms with van der Waals surface area (Å²) in [6.45, 7) is 5.14. The number of piperidine rings is 1. The molecule has 2 atom stereocenters. The second-order valence-electron chi connectivity index (χ2n) is 5.19. The summed E-state index contributed by atoms with van der Waals surface area (Å²) in [4.78, 5) is 2.52. The van der Waals surface area contributed by atoms with Crippen LogP contribution in [0.3, 0.4) is 0 Å². The third-order valence-corrected chi connectivity index (χ3v) is 3.79. The number of β-amino-alcohol motifs (C(OH)–C–C–N with tert-alkyl or cyclic N) is 1. The fourth-order valence-electron chi connectivity index (χ4n) is 2.82. The summed E-state index contributed by atoms with van der Waals surface area (Å²) < 4.78 is 5.20. The SMILES string of the molecule is COCC1CCN(CC2CC(O)CN2)CC1. The van der Waals surface area contributed by atoms with Crippen molar-refractivity contribution in [1.82, 2.24) is 10.2 Å². The van der Waals surface area contributed by atoms with E-state index in [4.69, 9.17) is 4.74 Å². The predicted molar refractivity (Wildman–Crippen MR) is 63.5 cm³/mol. The first-order valence-corrected chi connectivity index (χ1v) is 6.40. The number of ether oxygens (including phenoxy) is 1. The van der Waals surface area contributed by atoms with Gasteiger partial charge in [0, 0.05) is 32.8 Å². The Kier molecular flexibility index (Phi) is 4.58. The van der Waals surface area contributed by atoms with Crippen molar-refractivity contribution in [3.63, 3.8) is 0 Å². The Morgan fingerprint density at radius 3 is 2.69 bits per heavy atom. The van der Waals surface area contributed by atoms with E-state index in [1.54, 1.807) is 7.11 Å². The van der Waals surface area contributed by atoms with Crippen molar-refractivity contribution in [3.05, 3.63) is 0 Å². The van der Waals surface area contributed by atoms with Gasteiger partial charge in [-0.25, -0.2) is 0 Å². The van der Waals surface area contributed by atoms with Crippen molar-refractivity contribution < 1.29 is 9.84 Å². The molecule has 4 nitrogen and oxygen atoms in total. The molecule has 0 aromatic heterocycles. The topological polar surface area (TPSA) is 44.7 Å². The minimum absolute atomic E-state index is 0.129. The highest BCUT2D eigenvalue weighted by Crippen LogP contribution is 2.18. The monoisotopic (exact) mass is 228 g/mol. The van der Waals surface area contributed by atoms with Crippen LogP contribution in [0.2, 0.25) is 0 Å². The highest BCUT2D eigenvalue weighted by atomic mass is 16.5. The first-order valence-electron chi connectivity index (χ1n) is 6.40. The number of methoxy groups -OCH3 is 1. The summed E-state index contributed by atoms with van der Waals surface area (Å²) in [5.41, 5.74) is 0. The zero-order valence-electron chi connectivity index (χ0n) is 10.2. The van der Waals surface area contributed by atoms with Gasteiger partial charge in [0.15, 0.2) is 0 Å². The van der Waals surface area contributed by atoms with E-state index in [1.807, 2.05) is 0 Å². The van der Waals surface area contributed by atoms with Crippen molar-refractivity contribution in [2.75, 3.05) is 39.9 Å². The van der Waals surface area contributed by atoms with E-state index in [1.165, 1.54) is 25.9 Å². The Balaban J connectivity index is 1.65. The predicted octanol–water partition coefficient (Wildman–Crippen LogP) is 0.0676. The summed E-state index contributed by atoms with van der Waals surface area (Å²) in [6.07, 6.45) is 3.29. The molecule has 16 heavy (non-hydrogen) atoms. The zero-order chi connectivity index (χ0) is 11.4. The number of nitrogens with zero attached hydrogens (tertiary/aromatic N) is 1. The minimum atomic E-state index is -0.129. The molecule has 2 heterocycles. The molecular formula is C12H24N2O2. The zero-order valence-corrected chi connectivity index (χ0v) is 10.2. The molecule has 2 unspecified atom stereocenters. The highest BCUT2D eigenvalue weighted by molar-refractivity contribution is 4.85. The number of aliphatic hydroxyl groups is 1.